The molecule has 1 aliphatic carbocycles. The molecule has 1 saturated heterocycles. The third kappa shape index (κ3) is 4.85. The van der Waals surface area contributed by atoms with Crippen LogP contribution in [0.1, 0.15) is 24.5 Å². The number of urea groups is 1. The predicted octanol–water partition coefficient (Wildman–Crippen LogP) is 3.22. The zero-order chi connectivity index (χ0) is 22.9. The summed E-state index contributed by atoms with van der Waals surface area (Å²) in [4.78, 5) is 20.1. The lowest BCUT2D eigenvalue weighted by Gasteiger charge is -2.26. The number of hydrogen-bond acceptors (Lipinski definition) is 9. The molecule has 0 radical (unpaired) electrons. The number of carbonyl (C=O) groups is 1. The van der Waals surface area contributed by atoms with Crippen molar-refractivity contribution in [1.29, 1.82) is 0 Å². The second kappa shape index (κ2) is 9.45. The van der Waals surface area contributed by atoms with E-state index in [1.807, 2.05) is 28.8 Å². The minimum atomic E-state index is -0.241. The van der Waals surface area contributed by atoms with E-state index in [1.54, 1.807) is 0 Å². The van der Waals surface area contributed by atoms with Crippen LogP contribution in [0.15, 0.2) is 40.4 Å². The van der Waals surface area contributed by atoms with Crippen LogP contribution < -0.4 is 10.6 Å². The van der Waals surface area contributed by atoms with Gasteiger partial charge in [0.05, 0.1) is 29.1 Å². The van der Waals surface area contributed by atoms with Crippen LogP contribution in [-0.4, -0.2) is 75.1 Å². The zero-order valence-corrected chi connectivity index (χ0v) is 20.1. The van der Waals surface area contributed by atoms with Gasteiger partial charge in [-0.15, -0.1) is 10.2 Å². The molecule has 3 aromatic heterocycles. The molecule has 4 aromatic rings. The van der Waals surface area contributed by atoms with Crippen LogP contribution in [0.2, 0.25) is 0 Å². The van der Waals surface area contributed by atoms with E-state index in [9.17, 15) is 4.79 Å². The van der Waals surface area contributed by atoms with Gasteiger partial charge in [0, 0.05) is 37.0 Å². The fourth-order valence-electron chi connectivity index (χ4n) is 3.86. The van der Waals surface area contributed by atoms with Crippen molar-refractivity contribution in [3.8, 4) is 0 Å². The van der Waals surface area contributed by atoms with Crippen molar-refractivity contribution in [2.24, 2.45) is 0 Å². The molecule has 1 aliphatic heterocycles. The summed E-state index contributed by atoms with van der Waals surface area (Å²) >= 11 is 2.97. The number of benzene rings is 1. The third-order valence-electron chi connectivity index (χ3n) is 5.86. The van der Waals surface area contributed by atoms with Gasteiger partial charge in [-0.25, -0.2) is 9.78 Å². The summed E-state index contributed by atoms with van der Waals surface area (Å²) in [6.45, 7) is 4.71. The number of morpholine rings is 1. The van der Waals surface area contributed by atoms with Gasteiger partial charge in [0.1, 0.15) is 0 Å². The lowest BCUT2D eigenvalue weighted by atomic mass is 10.3. The minimum absolute atomic E-state index is 0.241. The van der Waals surface area contributed by atoms with Gasteiger partial charge in [-0.05, 0) is 54.9 Å². The maximum absolute atomic E-state index is 12.3. The fourth-order valence-corrected chi connectivity index (χ4v) is 5.67. The summed E-state index contributed by atoms with van der Waals surface area (Å²) in [6.07, 6.45) is 2.40. The molecule has 6 rings (SSSR count). The molecular weight excluding hydrogens is 472 g/mol. The highest BCUT2D eigenvalue weighted by atomic mass is 32.2. The largest absolute Gasteiger partial charge is 0.379 e. The van der Waals surface area contributed by atoms with Crippen LogP contribution in [0, 0.1) is 0 Å². The van der Waals surface area contributed by atoms with Crippen LogP contribution >= 0.6 is 23.1 Å². The fraction of sp³-hybridized carbons (Fsp3) is 0.409. The minimum Gasteiger partial charge on any atom is -0.379 e. The van der Waals surface area contributed by atoms with E-state index in [2.05, 4.69) is 36.8 Å². The number of fused-ring (bicyclic) bond motifs is 2. The van der Waals surface area contributed by atoms with Crippen LogP contribution in [0.5, 0.6) is 0 Å². The summed E-state index contributed by atoms with van der Waals surface area (Å²) in [7, 11) is 0. The lowest BCUT2D eigenvalue weighted by Crippen LogP contribution is -2.42. The van der Waals surface area contributed by atoms with Gasteiger partial charge in [0.2, 0.25) is 5.16 Å². The number of hydrogen-bond donors (Lipinski definition) is 2. The summed E-state index contributed by atoms with van der Waals surface area (Å²) in [5, 5.41) is 20.4. The first-order chi connectivity index (χ1) is 16.7. The molecule has 2 aliphatic rings. The highest BCUT2D eigenvalue weighted by Gasteiger charge is 2.26. The molecule has 10 nitrogen and oxygen atoms in total. The van der Waals surface area contributed by atoms with Gasteiger partial charge in [-0.3, -0.25) is 10.2 Å². The second-order valence-electron chi connectivity index (χ2n) is 8.37. The SMILES string of the molecule is O=C(NCCN1CCOCC1)Nc1nc2ccc(Sc3nnc4ccc(C5CC5)nn34)cc2s1. The third-order valence-corrected chi connectivity index (χ3v) is 7.72. The molecular formula is C22H24N8O2S2. The van der Waals surface area contributed by atoms with Crippen molar-refractivity contribution in [3.05, 3.63) is 36.0 Å². The molecule has 0 unspecified atom stereocenters. The van der Waals surface area contributed by atoms with E-state index in [0.29, 0.717) is 17.6 Å². The van der Waals surface area contributed by atoms with Gasteiger partial charge < -0.3 is 10.1 Å². The molecule has 0 bridgehead atoms. The Hall–Kier alpha value is -2.80. The molecule has 34 heavy (non-hydrogen) atoms. The number of carbonyl (C=O) groups excluding carboxylic acids is 1. The van der Waals surface area contributed by atoms with E-state index in [1.165, 1.54) is 35.9 Å². The number of thiazole rings is 1. The van der Waals surface area contributed by atoms with Crippen molar-refractivity contribution in [3.63, 3.8) is 0 Å². The Morgan fingerprint density at radius 1 is 1.18 bits per heavy atom. The first-order valence-corrected chi connectivity index (χ1v) is 13.0. The van der Waals surface area contributed by atoms with Gasteiger partial charge in [-0.2, -0.15) is 9.61 Å². The highest BCUT2D eigenvalue weighted by Crippen LogP contribution is 2.39. The molecule has 2 amide bonds. The van der Waals surface area contributed by atoms with Gasteiger partial charge >= 0.3 is 6.03 Å². The summed E-state index contributed by atoms with van der Waals surface area (Å²) in [5.41, 5.74) is 2.70. The predicted molar refractivity (Wildman–Crippen MR) is 131 cm³/mol. The number of amides is 2. The first kappa shape index (κ1) is 21.7. The van der Waals surface area contributed by atoms with E-state index < -0.39 is 0 Å². The van der Waals surface area contributed by atoms with Crippen molar-refractivity contribution in [2.45, 2.75) is 28.8 Å². The van der Waals surface area contributed by atoms with Crippen molar-refractivity contribution in [2.75, 3.05) is 44.7 Å². The quantitative estimate of drug-likeness (QED) is 0.401. The molecule has 12 heteroatoms. The normalized spacial score (nSPS) is 16.8. The van der Waals surface area contributed by atoms with Crippen LogP contribution in [-0.2, 0) is 4.74 Å². The number of aromatic nitrogens is 5. The molecule has 4 heterocycles. The van der Waals surface area contributed by atoms with Crippen LogP contribution in [0.3, 0.4) is 0 Å². The summed E-state index contributed by atoms with van der Waals surface area (Å²) < 4.78 is 8.16. The molecule has 2 N–H and O–H groups in total. The van der Waals surface area contributed by atoms with E-state index in [0.717, 1.165) is 64.5 Å². The summed E-state index contributed by atoms with van der Waals surface area (Å²) in [6, 6.07) is 9.81. The standard InChI is InChI=1S/C22H24N8O2S2/c31-20(23-7-8-29-9-11-32-12-10-29)25-21-24-17-4-3-15(13-18(17)34-21)33-22-27-26-19-6-5-16(14-1-2-14)28-30(19)22/h3-6,13-14H,1-2,7-12H2,(H2,23,24,25,31). The Morgan fingerprint density at radius 2 is 2.06 bits per heavy atom. The Kier molecular flexibility index (Phi) is 6.04. The van der Waals surface area contributed by atoms with Crippen molar-refractivity contribution >= 4 is 50.1 Å². The van der Waals surface area contributed by atoms with E-state index >= 15 is 0 Å². The topological polar surface area (TPSA) is 110 Å². The van der Waals surface area contributed by atoms with Crippen LogP contribution in [0.4, 0.5) is 9.93 Å². The monoisotopic (exact) mass is 496 g/mol. The van der Waals surface area contributed by atoms with Gasteiger partial charge in [0.15, 0.2) is 10.8 Å². The number of rotatable bonds is 7. The lowest BCUT2D eigenvalue weighted by molar-refractivity contribution is 0.0388. The Morgan fingerprint density at radius 3 is 2.91 bits per heavy atom. The van der Waals surface area contributed by atoms with Gasteiger partial charge in [-0.1, -0.05) is 11.3 Å². The Balaban J connectivity index is 1.10. The number of anilines is 1. The van der Waals surface area contributed by atoms with Gasteiger partial charge in [0.25, 0.3) is 0 Å². The first-order valence-electron chi connectivity index (χ1n) is 11.4. The second-order valence-corrected chi connectivity index (χ2v) is 10.4. The highest BCUT2D eigenvalue weighted by molar-refractivity contribution is 7.99. The molecule has 2 fully saturated rings. The number of nitrogens with zero attached hydrogens (tertiary/aromatic N) is 6. The molecule has 0 spiro atoms. The average Bonchev–Trinajstić information content (AvgIpc) is 3.52. The van der Waals surface area contributed by atoms with E-state index in [-0.39, 0.29) is 6.03 Å². The van der Waals surface area contributed by atoms with Crippen LogP contribution in [0.25, 0.3) is 15.9 Å². The Labute approximate surface area is 204 Å². The summed E-state index contributed by atoms with van der Waals surface area (Å²) in [5.74, 6) is 0.570. The average molecular weight is 497 g/mol. The smallest absolute Gasteiger partial charge is 0.321 e. The Bertz CT molecular complexity index is 1330. The van der Waals surface area contributed by atoms with Crippen molar-refractivity contribution in [1.82, 2.24) is 35.0 Å². The zero-order valence-electron chi connectivity index (χ0n) is 18.4. The number of nitrogens with one attached hydrogen (secondary N) is 2. The number of ether oxygens (including phenoxy) is 1. The van der Waals surface area contributed by atoms with Crippen molar-refractivity contribution < 1.29 is 9.53 Å². The maximum atomic E-state index is 12.3. The van der Waals surface area contributed by atoms with E-state index in [4.69, 9.17) is 9.84 Å². The molecule has 1 saturated carbocycles. The maximum Gasteiger partial charge on any atom is 0.321 e. The molecule has 176 valence electrons. The molecule has 1 aromatic carbocycles. The molecule has 0 atom stereocenters.